The second-order valence-corrected chi connectivity index (χ2v) is 3.10. The topological polar surface area (TPSA) is 47.9 Å². The van der Waals surface area contributed by atoms with Crippen molar-refractivity contribution in [1.82, 2.24) is 0 Å². The largest absolute Gasteiger partial charge is 0.496 e. The average molecular weight is 230 g/mol. The molecule has 0 fully saturated rings. The molecule has 1 aromatic rings. The molecule has 1 unspecified atom stereocenters. The van der Waals surface area contributed by atoms with Crippen molar-refractivity contribution >= 4 is 0 Å². The summed E-state index contributed by atoms with van der Waals surface area (Å²) < 4.78 is 28.6. The maximum atomic E-state index is 13.4. The molecule has 0 spiro atoms. The zero-order valence-electron chi connectivity index (χ0n) is 9.49. The van der Waals surface area contributed by atoms with E-state index in [2.05, 4.69) is 0 Å². The number of hydrogen-bond acceptors (Lipinski definition) is 4. The van der Waals surface area contributed by atoms with Crippen LogP contribution >= 0.6 is 0 Å². The maximum Gasteiger partial charge on any atom is 0.164 e. The lowest BCUT2D eigenvalue weighted by Crippen LogP contribution is -2.02. The van der Waals surface area contributed by atoms with Crippen molar-refractivity contribution in [3.63, 3.8) is 0 Å². The smallest absolute Gasteiger partial charge is 0.164 e. The average Bonchev–Trinajstić information content (AvgIpc) is 2.35. The Kier molecular flexibility index (Phi) is 4.37. The van der Waals surface area contributed by atoms with Crippen LogP contribution in [0.25, 0.3) is 0 Å². The Morgan fingerprint density at radius 2 is 1.56 bits per heavy atom. The summed E-state index contributed by atoms with van der Waals surface area (Å²) in [4.78, 5) is 0. The highest BCUT2D eigenvalue weighted by Crippen LogP contribution is 2.38. The number of aliphatic hydroxyl groups is 1. The molecule has 90 valence electrons. The molecule has 4 nitrogen and oxygen atoms in total. The summed E-state index contributed by atoms with van der Waals surface area (Å²) in [5, 5.41) is 8.80. The van der Waals surface area contributed by atoms with E-state index in [0.29, 0.717) is 17.2 Å². The number of rotatable bonds is 5. The van der Waals surface area contributed by atoms with Gasteiger partial charge in [0.05, 0.1) is 27.9 Å². The van der Waals surface area contributed by atoms with Crippen molar-refractivity contribution < 1.29 is 23.7 Å². The summed E-state index contributed by atoms with van der Waals surface area (Å²) in [5.74, 6) is 1.17. The molecule has 0 aliphatic rings. The lowest BCUT2D eigenvalue weighted by molar-refractivity contribution is 0.176. The van der Waals surface area contributed by atoms with Gasteiger partial charge >= 0.3 is 0 Å². The van der Waals surface area contributed by atoms with Crippen molar-refractivity contribution in [1.29, 1.82) is 0 Å². The van der Waals surface area contributed by atoms with Crippen LogP contribution in [0.4, 0.5) is 4.39 Å². The molecule has 0 aromatic heterocycles. The minimum atomic E-state index is -1.50. The Balaban J connectivity index is 3.25. The van der Waals surface area contributed by atoms with Gasteiger partial charge in [0.25, 0.3) is 0 Å². The van der Waals surface area contributed by atoms with Gasteiger partial charge in [0.2, 0.25) is 0 Å². The number of alkyl halides is 1. The summed E-state index contributed by atoms with van der Waals surface area (Å²) >= 11 is 0. The third-order valence-electron chi connectivity index (χ3n) is 2.23. The van der Waals surface area contributed by atoms with E-state index in [9.17, 15) is 4.39 Å². The second kappa shape index (κ2) is 5.55. The Hall–Kier alpha value is -1.49. The van der Waals surface area contributed by atoms with E-state index >= 15 is 0 Å². The highest BCUT2D eigenvalue weighted by molar-refractivity contribution is 5.51. The fourth-order valence-corrected chi connectivity index (χ4v) is 1.40. The zero-order chi connectivity index (χ0) is 12.1. The molecule has 0 saturated heterocycles. The molecule has 0 amide bonds. The van der Waals surface area contributed by atoms with Gasteiger partial charge in [-0.1, -0.05) is 0 Å². The fraction of sp³-hybridized carbons (Fsp3) is 0.455. The van der Waals surface area contributed by atoms with E-state index in [1.54, 1.807) is 0 Å². The number of halogens is 1. The van der Waals surface area contributed by atoms with Gasteiger partial charge in [-0.2, -0.15) is 0 Å². The number of methoxy groups -OCH3 is 3. The van der Waals surface area contributed by atoms with Crippen molar-refractivity contribution in [3.8, 4) is 17.2 Å². The quantitative estimate of drug-likeness (QED) is 0.836. The van der Waals surface area contributed by atoms with Crippen LogP contribution in [0.5, 0.6) is 17.2 Å². The third kappa shape index (κ3) is 2.36. The molecule has 1 rings (SSSR count). The summed E-state index contributed by atoms with van der Waals surface area (Å²) in [6.45, 7) is -0.605. The summed E-state index contributed by atoms with van der Waals surface area (Å²) in [7, 11) is 4.37. The second-order valence-electron chi connectivity index (χ2n) is 3.10. The van der Waals surface area contributed by atoms with Crippen LogP contribution in [0.3, 0.4) is 0 Å². The SMILES string of the molecule is COc1cc(OC)c(C(F)CO)cc1OC. The molecule has 1 aromatic carbocycles. The van der Waals surface area contributed by atoms with Crippen LogP contribution in [0.15, 0.2) is 12.1 Å². The van der Waals surface area contributed by atoms with E-state index < -0.39 is 12.8 Å². The van der Waals surface area contributed by atoms with Crippen LogP contribution in [0, 0.1) is 0 Å². The van der Waals surface area contributed by atoms with Gasteiger partial charge < -0.3 is 19.3 Å². The van der Waals surface area contributed by atoms with Crippen LogP contribution < -0.4 is 14.2 Å². The summed E-state index contributed by atoms with van der Waals surface area (Å²) in [5.41, 5.74) is 0.239. The van der Waals surface area contributed by atoms with Crippen molar-refractivity contribution in [2.24, 2.45) is 0 Å². The first-order chi connectivity index (χ1) is 7.67. The van der Waals surface area contributed by atoms with Gasteiger partial charge in [0.15, 0.2) is 17.7 Å². The molecule has 0 bridgehead atoms. The molecule has 0 heterocycles. The van der Waals surface area contributed by atoms with E-state index in [-0.39, 0.29) is 5.56 Å². The molecule has 5 heteroatoms. The number of hydrogen-bond donors (Lipinski definition) is 1. The third-order valence-corrected chi connectivity index (χ3v) is 2.23. The molecule has 0 aliphatic carbocycles. The Morgan fingerprint density at radius 3 is 2.00 bits per heavy atom. The Labute approximate surface area is 93.6 Å². The van der Waals surface area contributed by atoms with Crippen LogP contribution in [-0.2, 0) is 0 Å². The Morgan fingerprint density at radius 1 is 1.06 bits per heavy atom. The first-order valence-electron chi connectivity index (χ1n) is 4.72. The number of aliphatic hydroxyl groups excluding tert-OH is 1. The predicted molar refractivity (Wildman–Crippen MR) is 57.0 cm³/mol. The van der Waals surface area contributed by atoms with Crippen LogP contribution in [0.1, 0.15) is 11.7 Å². The van der Waals surface area contributed by atoms with Gasteiger partial charge in [0.1, 0.15) is 5.75 Å². The number of benzene rings is 1. The van der Waals surface area contributed by atoms with E-state index in [4.69, 9.17) is 19.3 Å². The van der Waals surface area contributed by atoms with Crippen molar-refractivity contribution in [2.75, 3.05) is 27.9 Å². The lowest BCUT2D eigenvalue weighted by Gasteiger charge is -2.15. The molecule has 0 radical (unpaired) electrons. The number of ether oxygens (including phenoxy) is 3. The van der Waals surface area contributed by atoms with Crippen LogP contribution in [0.2, 0.25) is 0 Å². The maximum absolute atomic E-state index is 13.4. The van der Waals surface area contributed by atoms with Crippen LogP contribution in [-0.4, -0.2) is 33.0 Å². The summed E-state index contributed by atoms with van der Waals surface area (Å²) in [6.07, 6.45) is -1.50. The van der Waals surface area contributed by atoms with Crippen molar-refractivity contribution in [2.45, 2.75) is 6.17 Å². The monoisotopic (exact) mass is 230 g/mol. The first kappa shape index (κ1) is 12.6. The molecule has 0 aliphatic heterocycles. The van der Waals surface area contributed by atoms with Gasteiger partial charge in [0, 0.05) is 11.6 Å². The van der Waals surface area contributed by atoms with Gasteiger partial charge in [-0.15, -0.1) is 0 Å². The molecular formula is C11H15FO4. The predicted octanol–water partition coefficient (Wildman–Crippen LogP) is 1.72. The molecule has 1 N–H and O–H groups in total. The van der Waals surface area contributed by atoms with E-state index in [0.717, 1.165) is 0 Å². The molecular weight excluding hydrogens is 215 g/mol. The van der Waals surface area contributed by atoms with Gasteiger partial charge in [-0.3, -0.25) is 0 Å². The normalized spacial score (nSPS) is 12.1. The van der Waals surface area contributed by atoms with Crippen molar-refractivity contribution in [3.05, 3.63) is 17.7 Å². The Bertz CT molecular complexity index is 354. The zero-order valence-corrected chi connectivity index (χ0v) is 9.49. The highest BCUT2D eigenvalue weighted by atomic mass is 19.1. The lowest BCUT2D eigenvalue weighted by atomic mass is 10.1. The molecule has 16 heavy (non-hydrogen) atoms. The highest BCUT2D eigenvalue weighted by Gasteiger charge is 2.18. The van der Waals surface area contributed by atoms with Gasteiger partial charge in [-0.25, -0.2) is 4.39 Å². The van der Waals surface area contributed by atoms with E-state index in [1.807, 2.05) is 0 Å². The minimum Gasteiger partial charge on any atom is -0.496 e. The summed E-state index contributed by atoms with van der Waals surface area (Å²) in [6, 6.07) is 2.98. The standard InChI is InChI=1S/C11H15FO4/c1-14-9-5-11(16-3)10(15-2)4-7(9)8(12)6-13/h4-5,8,13H,6H2,1-3H3. The van der Waals surface area contributed by atoms with Gasteiger partial charge in [-0.05, 0) is 6.07 Å². The molecule has 1 atom stereocenters. The van der Waals surface area contributed by atoms with E-state index in [1.165, 1.54) is 33.5 Å². The molecule has 0 saturated carbocycles. The minimum absolute atomic E-state index is 0.239. The first-order valence-corrected chi connectivity index (χ1v) is 4.72. The fourth-order valence-electron chi connectivity index (χ4n) is 1.40.